The zero-order chi connectivity index (χ0) is 24.4. The van der Waals surface area contributed by atoms with Crippen LogP contribution in [0.1, 0.15) is 23.2 Å². The quantitative estimate of drug-likeness (QED) is 0.618. The summed E-state index contributed by atoms with van der Waals surface area (Å²) in [7, 11) is 0. The van der Waals surface area contributed by atoms with Crippen molar-refractivity contribution in [1.82, 2.24) is 9.80 Å². The second kappa shape index (κ2) is 13.0. The topological polar surface area (TPSA) is 68.1 Å². The van der Waals surface area contributed by atoms with Crippen molar-refractivity contribution < 1.29 is 18.9 Å². The molecule has 0 aliphatic carbocycles. The molecule has 0 unspecified atom stereocenters. The number of benzene rings is 2. The van der Waals surface area contributed by atoms with E-state index >= 15 is 0 Å². The van der Waals surface area contributed by atoms with E-state index in [1.165, 1.54) is 11.1 Å². The van der Waals surface area contributed by atoms with Crippen LogP contribution in [0.4, 0.5) is 0 Å². The first-order valence-electron chi connectivity index (χ1n) is 12.9. The Bertz CT molecular complexity index is 908. The van der Waals surface area contributed by atoms with Gasteiger partial charge in [-0.25, -0.2) is 9.98 Å². The summed E-state index contributed by atoms with van der Waals surface area (Å²) in [5.74, 6) is 1.60. The van der Waals surface area contributed by atoms with Gasteiger partial charge >= 0.3 is 0 Å². The van der Waals surface area contributed by atoms with Crippen molar-refractivity contribution >= 4 is 11.8 Å². The van der Waals surface area contributed by atoms with E-state index in [9.17, 15) is 0 Å². The molecule has 8 heteroatoms. The van der Waals surface area contributed by atoms with E-state index in [-0.39, 0.29) is 12.1 Å². The van der Waals surface area contributed by atoms with Crippen LogP contribution >= 0.6 is 0 Å². The molecule has 3 aliphatic rings. The highest BCUT2D eigenvalue weighted by atomic mass is 16.5. The van der Waals surface area contributed by atoms with Gasteiger partial charge in [-0.2, -0.15) is 0 Å². The zero-order valence-corrected chi connectivity index (χ0v) is 20.8. The van der Waals surface area contributed by atoms with Crippen LogP contribution in [0, 0.1) is 0 Å². The normalized spacial score (nSPS) is 24.7. The summed E-state index contributed by atoms with van der Waals surface area (Å²) >= 11 is 0. The van der Waals surface area contributed by atoms with Gasteiger partial charge in [-0.05, 0) is 11.1 Å². The Labute approximate surface area is 213 Å². The van der Waals surface area contributed by atoms with Crippen LogP contribution in [0.25, 0.3) is 0 Å². The van der Waals surface area contributed by atoms with Gasteiger partial charge in [-0.15, -0.1) is 0 Å². The van der Waals surface area contributed by atoms with Gasteiger partial charge in [-0.3, -0.25) is 9.80 Å². The summed E-state index contributed by atoms with van der Waals surface area (Å²) in [5, 5.41) is 0. The van der Waals surface area contributed by atoms with Crippen molar-refractivity contribution in [2.45, 2.75) is 12.1 Å². The maximum atomic E-state index is 5.99. The lowest BCUT2D eigenvalue weighted by atomic mass is 10.1. The largest absolute Gasteiger partial charge is 0.477 e. The fraction of sp³-hybridized carbons (Fsp3) is 0.500. The molecular formula is C28H36N4O4. The Kier molecular flexibility index (Phi) is 8.96. The lowest BCUT2D eigenvalue weighted by Gasteiger charge is -2.25. The standard InChI is InChI=1S/C28H36N4O4/c1-3-7-23(8-4-1)25-21-35-27(29-25)19-31-11-15-33-17-13-32(14-18-34-16-12-31)20-28-30-26(22-36-28)24-9-5-2-6-10-24/h1-10,25-26H,11-22H2/t25-,26+. The predicted octanol–water partition coefficient (Wildman–Crippen LogP) is 2.98. The highest BCUT2D eigenvalue weighted by Crippen LogP contribution is 2.24. The van der Waals surface area contributed by atoms with Crippen molar-refractivity contribution in [3.8, 4) is 0 Å². The molecule has 0 N–H and O–H groups in total. The number of ether oxygens (including phenoxy) is 4. The lowest BCUT2D eigenvalue weighted by molar-refractivity contribution is 0.0433. The van der Waals surface area contributed by atoms with Crippen molar-refractivity contribution in [3.63, 3.8) is 0 Å². The molecule has 3 aliphatic heterocycles. The van der Waals surface area contributed by atoms with E-state index < -0.39 is 0 Å². The second-order valence-electron chi connectivity index (χ2n) is 9.30. The van der Waals surface area contributed by atoms with Crippen LogP contribution in [0.15, 0.2) is 70.6 Å². The third-order valence-corrected chi connectivity index (χ3v) is 6.71. The molecule has 3 heterocycles. The van der Waals surface area contributed by atoms with Crippen LogP contribution in [-0.2, 0) is 18.9 Å². The first-order chi connectivity index (χ1) is 17.8. The molecule has 0 amide bonds. The molecule has 0 bridgehead atoms. The molecule has 0 spiro atoms. The molecule has 0 radical (unpaired) electrons. The van der Waals surface area contributed by atoms with Crippen LogP contribution in [0.3, 0.4) is 0 Å². The number of nitrogens with zero attached hydrogens (tertiary/aromatic N) is 4. The lowest BCUT2D eigenvalue weighted by Crippen LogP contribution is -2.39. The molecular weight excluding hydrogens is 456 g/mol. The first-order valence-corrected chi connectivity index (χ1v) is 12.9. The third kappa shape index (κ3) is 7.13. The van der Waals surface area contributed by atoms with Gasteiger partial charge in [0, 0.05) is 26.2 Å². The number of aliphatic imine (C=N–C) groups is 2. The van der Waals surface area contributed by atoms with Gasteiger partial charge in [0.05, 0.1) is 39.5 Å². The van der Waals surface area contributed by atoms with Crippen LogP contribution in [-0.4, -0.2) is 101 Å². The van der Waals surface area contributed by atoms with Gasteiger partial charge in [0.25, 0.3) is 0 Å². The number of hydrogen-bond donors (Lipinski definition) is 0. The third-order valence-electron chi connectivity index (χ3n) is 6.71. The average Bonchev–Trinajstić information content (AvgIpc) is 3.58. The van der Waals surface area contributed by atoms with E-state index in [4.69, 9.17) is 28.9 Å². The molecule has 1 fully saturated rings. The van der Waals surface area contributed by atoms with E-state index in [1.807, 2.05) is 36.4 Å². The van der Waals surface area contributed by atoms with E-state index in [1.54, 1.807) is 0 Å². The smallest absolute Gasteiger partial charge is 0.198 e. The summed E-state index contributed by atoms with van der Waals surface area (Å²) < 4.78 is 23.8. The van der Waals surface area contributed by atoms with Gasteiger partial charge < -0.3 is 18.9 Å². The van der Waals surface area contributed by atoms with Crippen molar-refractivity contribution in [2.24, 2.45) is 9.98 Å². The Morgan fingerprint density at radius 1 is 0.583 bits per heavy atom. The molecule has 2 atom stereocenters. The van der Waals surface area contributed by atoms with E-state index in [0.29, 0.717) is 52.7 Å². The molecule has 8 nitrogen and oxygen atoms in total. The van der Waals surface area contributed by atoms with Crippen molar-refractivity contribution in [3.05, 3.63) is 71.8 Å². The molecule has 2 aromatic carbocycles. The second-order valence-corrected chi connectivity index (χ2v) is 9.30. The van der Waals surface area contributed by atoms with E-state index in [0.717, 1.165) is 38.0 Å². The summed E-state index contributed by atoms with van der Waals surface area (Å²) in [4.78, 5) is 14.2. The number of rotatable bonds is 6. The van der Waals surface area contributed by atoms with Crippen molar-refractivity contribution in [2.75, 3.05) is 78.9 Å². The zero-order valence-electron chi connectivity index (χ0n) is 20.8. The fourth-order valence-electron chi connectivity index (χ4n) is 4.61. The Morgan fingerprint density at radius 3 is 1.36 bits per heavy atom. The average molecular weight is 493 g/mol. The van der Waals surface area contributed by atoms with Crippen LogP contribution in [0.2, 0.25) is 0 Å². The highest BCUT2D eigenvalue weighted by Gasteiger charge is 2.24. The fourth-order valence-corrected chi connectivity index (χ4v) is 4.61. The van der Waals surface area contributed by atoms with Crippen LogP contribution in [0.5, 0.6) is 0 Å². The molecule has 2 aromatic rings. The predicted molar refractivity (Wildman–Crippen MR) is 140 cm³/mol. The summed E-state index contributed by atoms with van der Waals surface area (Å²) in [6.45, 7) is 8.50. The highest BCUT2D eigenvalue weighted by molar-refractivity contribution is 5.80. The molecule has 0 saturated carbocycles. The molecule has 5 rings (SSSR count). The summed E-state index contributed by atoms with van der Waals surface area (Å²) in [6, 6.07) is 20.8. The molecule has 1 saturated heterocycles. The Morgan fingerprint density at radius 2 is 0.972 bits per heavy atom. The SMILES string of the molecule is c1ccc([C@@H]2COC(CN3CCOCCN(CC4=N[C@@H](c5ccccc5)CO4)CCOCC3)=N2)cc1. The van der Waals surface area contributed by atoms with Crippen molar-refractivity contribution in [1.29, 1.82) is 0 Å². The Hall–Kier alpha value is -2.78. The minimum atomic E-state index is 0.0866. The Balaban J connectivity index is 1.08. The summed E-state index contributed by atoms with van der Waals surface area (Å²) in [6.07, 6.45) is 0. The minimum Gasteiger partial charge on any atom is -0.477 e. The van der Waals surface area contributed by atoms with E-state index in [2.05, 4.69) is 34.1 Å². The van der Waals surface area contributed by atoms with Gasteiger partial charge in [0.15, 0.2) is 11.8 Å². The first kappa shape index (κ1) is 24.9. The van der Waals surface area contributed by atoms with Gasteiger partial charge in [0.2, 0.25) is 0 Å². The molecule has 36 heavy (non-hydrogen) atoms. The van der Waals surface area contributed by atoms with Crippen LogP contribution < -0.4 is 0 Å². The summed E-state index contributed by atoms with van der Waals surface area (Å²) in [5.41, 5.74) is 2.39. The molecule has 192 valence electrons. The maximum absolute atomic E-state index is 5.99. The minimum absolute atomic E-state index is 0.0866. The van der Waals surface area contributed by atoms with Gasteiger partial charge in [-0.1, -0.05) is 60.7 Å². The molecule has 0 aromatic heterocycles. The monoisotopic (exact) mass is 492 g/mol. The van der Waals surface area contributed by atoms with Gasteiger partial charge in [0.1, 0.15) is 25.3 Å². The number of hydrogen-bond acceptors (Lipinski definition) is 8. The maximum Gasteiger partial charge on any atom is 0.198 e.